The number of aliphatic hydroxyl groups is 1. The Morgan fingerprint density at radius 1 is 1.03 bits per heavy atom. The van der Waals surface area contributed by atoms with Gasteiger partial charge in [0.05, 0.1) is 12.4 Å². The molecule has 172 valence electrons. The lowest BCUT2D eigenvalue weighted by Crippen LogP contribution is -2.54. The lowest BCUT2D eigenvalue weighted by Gasteiger charge is -2.19. The van der Waals surface area contributed by atoms with E-state index in [0.717, 1.165) is 5.56 Å². The molecule has 0 saturated carbocycles. The second-order valence-corrected chi connectivity index (χ2v) is 8.91. The molecule has 0 heterocycles. The molecule has 0 aliphatic rings. The Balaban J connectivity index is 1.88. The third kappa shape index (κ3) is 7.76. The molecule has 7 N–H and O–H groups in total. The van der Waals surface area contributed by atoms with Gasteiger partial charge in [-0.05, 0) is 18.1 Å². The summed E-state index contributed by atoms with van der Waals surface area (Å²) in [6, 6.07) is 12.7. The topological polar surface area (TPSA) is 174 Å². The standard InChI is InChI=1S/C21H27N5O5S/c1-14(20(28)24-11-15-7-9-17(10-8-15)19(22)23)25-21(29)18(12-27)26-32(30,31)13-16-5-3-2-4-6-16/h2-10,14,18,26-27H,11-13H2,1H3,(H3,22,23)(H,24,28)(H,25,29)/t14-,18+/m0/s1. The van der Waals surface area contributed by atoms with Gasteiger partial charge < -0.3 is 21.5 Å². The van der Waals surface area contributed by atoms with Crippen LogP contribution in [0.15, 0.2) is 54.6 Å². The van der Waals surface area contributed by atoms with Crippen molar-refractivity contribution in [3.8, 4) is 0 Å². The third-order valence-electron chi connectivity index (χ3n) is 4.50. The first-order valence-electron chi connectivity index (χ1n) is 9.77. The highest BCUT2D eigenvalue weighted by Gasteiger charge is 2.26. The van der Waals surface area contributed by atoms with Gasteiger partial charge in [-0.25, -0.2) is 13.1 Å². The quantitative estimate of drug-likeness (QED) is 0.196. The molecule has 2 atom stereocenters. The molecule has 2 aromatic carbocycles. The molecule has 2 aromatic rings. The van der Waals surface area contributed by atoms with Crippen LogP contribution in [0.4, 0.5) is 0 Å². The van der Waals surface area contributed by atoms with Crippen LogP contribution >= 0.6 is 0 Å². The van der Waals surface area contributed by atoms with E-state index in [1.165, 1.54) is 6.92 Å². The van der Waals surface area contributed by atoms with E-state index in [2.05, 4.69) is 15.4 Å². The Hall–Kier alpha value is -3.28. The minimum absolute atomic E-state index is 0.0604. The number of nitrogens with two attached hydrogens (primary N) is 1. The fourth-order valence-corrected chi connectivity index (χ4v) is 4.08. The predicted molar refractivity (Wildman–Crippen MR) is 120 cm³/mol. The Bertz CT molecular complexity index is 1040. The second kappa shape index (κ2) is 11.4. The number of carbonyl (C=O) groups excluding carboxylic acids is 2. The van der Waals surface area contributed by atoms with Gasteiger partial charge in [0.1, 0.15) is 17.9 Å². The average molecular weight is 462 g/mol. The van der Waals surface area contributed by atoms with E-state index >= 15 is 0 Å². The van der Waals surface area contributed by atoms with Crippen molar-refractivity contribution < 1.29 is 23.1 Å². The monoisotopic (exact) mass is 461 g/mol. The Morgan fingerprint density at radius 2 is 1.66 bits per heavy atom. The molecule has 0 fully saturated rings. The molecule has 11 heteroatoms. The van der Waals surface area contributed by atoms with Crippen molar-refractivity contribution in [2.24, 2.45) is 5.73 Å². The van der Waals surface area contributed by atoms with Crippen molar-refractivity contribution in [2.75, 3.05) is 6.61 Å². The number of sulfonamides is 1. The van der Waals surface area contributed by atoms with Crippen LogP contribution < -0.4 is 21.1 Å². The number of amides is 2. The number of hydrogen-bond donors (Lipinski definition) is 6. The maximum Gasteiger partial charge on any atom is 0.242 e. The van der Waals surface area contributed by atoms with Gasteiger partial charge in [-0.15, -0.1) is 0 Å². The summed E-state index contributed by atoms with van der Waals surface area (Å²) in [5.74, 6) is -1.72. The van der Waals surface area contributed by atoms with Gasteiger partial charge in [-0.3, -0.25) is 15.0 Å². The van der Waals surface area contributed by atoms with E-state index < -0.39 is 40.5 Å². The van der Waals surface area contributed by atoms with Crippen molar-refractivity contribution in [2.45, 2.75) is 31.3 Å². The van der Waals surface area contributed by atoms with Crippen LogP contribution in [0, 0.1) is 5.41 Å². The van der Waals surface area contributed by atoms with Crippen LogP contribution in [0.1, 0.15) is 23.6 Å². The van der Waals surface area contributed by atoms with Crippen molar-refractivity contribution in [1.29, 1.82) is 5.41 Å². The molecule has 0 aliphatic carbocycles. The fourth-order valence-electron chi connectivity index (χ4n) is 2.75. The van der Waals surface area contributed by atoms with E-state index in [9.17, 15) is 23.1 Å². The van der Waals surface area contributed by atoms with E-state index in [4.69, 9.17) is 11.1 Å². The van der Waals surface area contributed by atoms with Crippen LogP contribution in [-0.2, 0) is 31.9 Å². The van der Waals surface area contributed by atoms with Crippen LogP contribution in [-0.4, -0.2) is 49.9 Å². The minimum Gasteiger partial charge on any atom is -0.394 e. The number of benzene rings is 2. The highest BCUT2D eigenvalue weighted by Crippen LogP contribution is 2.06. The molecule has 0 unspecified atom stereocenters. The SMILES string of the molecule is C[C@H](NC(=O)[C@@H](CO)NS(=O)(=O)Cc1ccccc1)C(=O)NCc1ccc(C(=N)N)cc1. The lowest BCUT2D eigenvalue weighted by molar-refractivity contribution is -0.130. The number of carbonyl (C=O) groups is 2. The van der Waals surface area contributed by atoms with E-state index in [1.54, 1.807) is 54.6 Å². The van der Waals surface area contributed by atoms with Gasteiger partial charge in [0, 0.05) is 12.1 Å². The average Bonchev–Trinajstić information content (AvgIpc) is 2.76. The second-order valence-electron chi connectivity index (χ2n) is 7.16. The fraction of sp³-hybridized carbons (Fsp3) is 0.286. The van der Waals surface area contributed by atoms with Gasteiger partial charge in [0.15, 0.2) is 0 Å². The summed E-state index contributed by atoms with van der Waals surface area (Å²) in [6.07, 6.45) is 0. The van der Waals surface area contributed by atoms with Gasteiger partial charge in [-0.2, -0.15) is 0 Å². The number of nitrogens with one attached hydrogen (secondary N) is 4. The molecular formula is C21H27N5O5S. The first-order chi connectivity index (χ1) is 15.1. The molecule has 0 bridgehead atoms. The van der Waals surface area contributed by atoms with Crippen LogP contribution in [0.5, 0.6) is 0 Å². The molecule has 0 radical (unpaired) electrons. The summed E-state index contributed by atoms with van der Waals surface area (Å²) in [5, 5.41) is 21.9. The maximum absolute atomic E-state index is 12.4. The highest BCUT2D eigenvalue weighted by molar-refractivity contribution is 7.88. The summed E-state index contributed by atoms with van der Waals surface area (Å²) in [6.45, 7) is 0.861. The predicted octanol–water partition coefficient (Wildman–Crippen LogP) is -0.428. The van der Waals surface area contributed by atoms with Gasteiger partial charge >= 0.3 is 0 Å². The Morgan fingerprint density at radius 3 is 2.22 bits per heavy atom. The number of aliphatic hydroxyl groups excluding tert-OH is 1. The van der Waals surface area contributed by atoms with Gasteiger partial charge in [0.25, 0.3) is 0 Å². The number of rotatable bonds is 11. The molecule has 2 rings (SSSR count). The smallest absolute Gasteiger partial charge is 0.242 e. The van der Waals surface area contributed by atoms with Crippen molar-refractivity contribution in [1.82, 2.24) is 15.4 Å². The zero-order chi connectivity index (χ0) is 23.7. The summed E-state index contributed by atoms with van der Waals surface area (Å²) >= 11 is 0. The zero-order valence-corrected chi connectivity index (χ0v) is 18.4. The number of nitrogen functional groups attached to an aromatic ring is 1. The van der Waals surface area contributed by atoms with Crippen molar-refractivity contribution in [3.63, 3.8) is 0 Å². The number of amidine groups is 1. The molecule has 32 heavy (non-hydrogen) atoms. The van der Waals surface area contributed by atoms with Crippen LogP contribution in [0.2, 0.25) is 0 Å². The summed E-state index contributed by atoms with van der Waals surface area (Å²) in [7, 11) is -3.90. The molecule has 0 aromatic heterocycles. The Kier molecular flexibility index (Phi) is 8.88. The maximum atomic E-state index is 12.4. The first kappa shape index (κ1) is 25.0. The molecule has 10 nitrogen and oxygen atoms in total. The zero-order valence-electron chi connectivity index (χ0n) is 17.5. The van der Waals surface area contributed by atoms with Crippen LogP contribution in [0.25, 0.3) is 0 Å². The first-order valence-corrected chi connectivity index (χ1v) is 11.4. The van der Waals surface area contributed by atoms with Crippen molar-refractivity contribution >= 4 is 27.7 Å². The van der Waals surface area contributed by atoms with E-state index in [-0.39, 0.29) is 18.1 Å². The molecular weight excluding hydrogens is 434 g/mol. The normalized spacial score (nSPS) is 13.1. The lowest BCUT2D eigenvalue weighted by atomic mass is 10.1. The molecule has 2 amide bonds. The van der Waals surface area contributed by atoms with Gasteiger partial charge in [-0.1, -0.05) is 54.6 Å². The summed E-state index contributed by atoms with van der Waals surface area (Å²) < 4.78 is 26.8. The minimum atomic E-state index is -3.90. The van der Waals surface area contributed by atoms with E-state index in [1.807, 2.05) is 0 Å². The molecule has 0 spiro atoms. The van der Waals surface area contributed by atoms with Crippen LogP contribution in [0.3, 0.4) is 0 Å². The third-order valence-corrected chi connectivity index (χ3v) is 5.86. The molecule has 0 aliphatic heterocycles. The molecule has 0 saturated heterocycles. The highest BCUT2D eigenvalue weighted by atomic mass is 32.2. The summed E-state index contributed by atoms with van der Waals surface area (Å²) in [4.78, 5) is 24.7. The van der Waals surface area contributed by atoms with E-state index in [0.29, 0.717) is 11.1 Å². The largest absolute Gasteiger partial charge is 0.394 e. The van der Waals surface area contributed by atoms with Crippen molar-refractivity contribution in [3.05, 3.63) is 71.3 Å². The number of hydrogen-bond acceptors (Lipinski definition) is 6. The van der Waals surface area contributed by atoms with Gasteiger partial charge in [0.2, 0.25) is 21.8 Å². The Labute approximate surface area is 186 Å². The summed E-state index contributed by atoms with van der Waals surface area (Å²) in [5.41, 5.74) is 7.25.